The third-order valence-electron chi connectivity index (χ3n) is 3.95. The molecule has 1 aliphatic rings. The number of morpholine rings is 1. The average Bonchev–Trinajstić information content (AvgIpc) is 3.35. The van der Waals surface area contributed by atoms with Gasteiger partial charge in [0.05, 0.1) is 23.9 Å². The van der Waals surface area contributed by atoms with Crippen molar-refractivity contribution in [3.05, 3.63) is 29.8 Å². The van der Waals surface area contributed by atoms with Gasteiger partial charge in [0.15, 0.2) is 10.7 Å². The Morgan fingerprint density at radius 1 is 1.32 bits per heavy atom. The lowest BCUT2D eigenvalue weighted by atomic mass is 10.3. The molecule has 9 nitrogen and oxygen atoms in total. The second-order valence-corrected chi connectivity index (χ2v) is 9.56. The zero-order valence-corrected chi connectivity index (χ0v) is 17.0. The molecule has 0 spiro atoms. The summed E-state index contributed by atoms with van der Waals surface area (Å²) in [5.41, 5.74) is 0.890. The molecule has 1 saturated heterocycles. The van der Waals surface area contributed by atoms with E-state index in [4.69, 9.17) is 9.15 Å². The van der Waals surface area contributed by atoms with E-state index in [2.05, 4.69) is 15.3 Å². The summed E-state index contributed by atoms with van der Waals surface area (Å²) >= 11 is 2.46. The van der Waals surface area contributed by atoms with Crippen LogP contribution < -0.4 is 5.32 Å². The molecule has 3 heterocycles. The lowest BCUT2D eigenvalue weighted by Gasteiger charge is -2.25. The van der Waals surface area contributed by atoms with Gasteiger partial charge in [0.1, 0.15) is 5.52 Å². The van der Waals surface area contributed by atoms with E-state index in [1.165, 1.54) is 27.8 Å². The summed E-state index contributed by atoms with van der Waals surface area (Å²) in [7, 11) is -3.60. The molecular weight excluding hydrogens is 424 g/mol. The molecule has 1 amide bonds. The number of thioether (sulfide) groups is 1. The topological polar surface area (TPSA) is 115 Å². The minimum Gasteiger partial charge on any atom is -0.431 e. The number of ether oxygens (including phenoxy) is 1. The molecule has 0 unspecified atom stereocenters. The smallest absolute Gasteiger partial charge is 0.257 e. The fraction of sp³-hybridized carbons (Fsp3) is 0.312. The molecule has 1 N–H and O–H groups in total. The fourth-order valence-corrected chi connectivity index (χ4v) is 5.22. The van der Waals surface area contributed by atoms with Gasteiger partial charge in [-0.3, -0.25) is 4.79 Å². The van der Waals surface area contributed by atoms with E-state index in [9.17, 15) is 13.2 Å². The maximum Gasteiger partial charge on any atom is 0.257 e. The number of rotatable bonds is 6. The largest absolute Gasteiger partial charge is 0.431 e. The molecule has 0 saturated carbocycles. The van der Waals surface area contributed by atoms with Gasteiger partial charge in [0, 0.05) is 24.7 Å². The number of benzene rings is 1. The van der Waals surface area contributed by atoms with Crippen molar-refractivity contribution in [3.63, 3.8) is 0 Å². The molecule has 2 aromatic heterocycles. The van der Waals surface area contributed by atoms with E-state index in [1.807, 2.05) is 0 Å². The predicted octanol–water partition coefficient (Wildman–Crippen LogP) is 2.04. The number of thiazole rings is 1. The van der Waals surface area contributed by atoms with Crippen molar-refractivity contribution in [1.82, 2.24) is 14.3 Å². The molecule has 28 heavy (non-hydrogen) atoms. The number of sulfonamides is 1. The minimum atomic E-state index is -3.60. The highest BCUT2D eigenvalue weighted by atomic mass is 32.2. The van der Waals surface area contributed by atoms with Gasteiger partial charge in [-0.2, -0.15) is 4.31 Å². The van der Waals surface area contributed by atoms with Crippen molar-refractivity contribution in [2.45, 2.75) is 10.1 Å². The first-order valence-electron chi connectivity index (χ1n) is 8.33. The van der Waals surface area contributed by atoms with E-state index >= 15 is 0 Å². The van der Waals surface area contributed by atoms with Crippen LogP contribution >= 0.6 is 23.1 Å². The van der Waals surface area contributed by atoms with Crippen LogP contribution in [0, 0.1) is 0 Å². The number of anilines is 1. The number of nitrogens with zero attached hydrogens (tertiary/aromatic N) is 3. The summed E-state index contributed by atoms with van der Waals surface area (Å²) < 4.78 is 37.7. The van der Waals surface area contributed by atoms with Crippen LogP contribution in [0.25, 0.3) is 11.1 Å². The Hall–Kier alpha value is -1.99. The van der Waals surface area contributed by atoms with Crippen LogP contribution in [0.2, 0.25) is 0 Å². The Morgan fingerprint density at radius 2 is 2.14 bits per heavy atom. The normalized spacial score (nSPS) is 15.7. The minimum absolute atomic E-state index is 0.103. The van der Waals surface area contributed by atoms with E-state index in [0.29, 0.717) is 47.8 Å². The maximum atomic E-state index is 12.8. The van der Waals surface area contributed by atoms with Crippen molar-refractivity contribution in [1.29, 1.82) is 0 Å². The van der Waals surface area contributed by atoms with Crippen LogP contribution in [-0.4, -0.2) is 60.7 Å². The summed E-state index contributed by atoms with van der Waals surface area (Å²) in [6.45, 7) is 1.42. The first-order valence-corrected chi connectivity index (χ1v) is 11.6. The van der Waals surface area contributed by atoms with E-state index in [0.717, 1.165) is 11.8 Å². The van der Waals surface area contributed by atoms with Gasteiger partial charge >= 0.3 is 0 Å². The number of amides is 1. The zero-order valence-electron chi connectivity index (χ0n) is 14.5. The summed E-state index contributed by atoms with van der Waals surface area (Å²) in [6.07, 6.45) is 1.61. The summed E-state index contributed by atoms with van der Waals surface area (Å²) in [4.78, 5) is 20.4. The van der Waals surface area contributed by atoms with Crippen molar-refractivity contribution in [2.24, 2.45) is 0 Å². The van der Waals surface area contributed by atoms with Crippen LogP contribution in [0.4, 0.5) is 5.13 Å². The number of aromatic nitrogens is 2. The molecule has 3 aromatic rings. The van der Waals surface area contributed by atoms with Gasteiger partial charge in [0.2, 0.25) is 15.9 Å². The molecule has 0 radical (unpaired) electrons. The van der Waals surface area contributed by atoms with Crippen LogP contribution in [-0.2, 0) is 19.6 Å². The fourth-order valence-electron chi connectivity index (χ4n) is 2.61. The van der Waals surface area contributed by atoms with Gasteiger partial charge < -0.3 is 14.5 Å². The monoisotopic (exact) mass is 440 g/mol. The molecule has 1 fully saturated rings. The highest BCUT2D eigenvalue weighted by molar-refractivity contribution is 7.99. The predicted molar refractivity (Wildman–Crippen MR) is 105 cm³/mol. The van der Waals surface area contributed by atoms with Crippen LogP contribution in [0.1, 0.15) is 0 Å². The molecule has 0 aliphatic carbocycles. The van der Waals surface area contributed by atoms with Crippen molar-refractivity contribution in [2.75, 3.05) is 37.4 Å². The van der Waals surface area contributed by atoms with Crippen LogP contribution in [0.15, 0.2) is 44.3 Å². The van der Waals surface area contributed by atoms with Gasteiger partial charge in [0.25, 0.3) is 5.22 Å². The third kappa shape index (κ3) is 4.20. The van der Waals surface area contributed by atoms with Gasteiger partial charge in [-0.05, 0) is 18.2 Å². The number of hydrogen-bond acceptors (Lipinski definition) is 9. The Balaban J connectivity index is 1.46. The molecule has 0 bridgehead atoms. The molecule has 0 atom stereocenters. The van der Waals surface area contributed by atoms with Gasteiger partial charge in [-0.15, -0.1) is 11.3 Å². The number of carbonyl (C=O) groups is 1. The standard InChI is InChI=1S/C16H16N4O5S3/c21-14(19-15-17-3-8-26-15)10-27-16-18-12-9-11(1-2-13(12)25-16)28(22,23)20-4-6-24-7-5-20/h1-3,8-9H,4-7,10H2,(H,17,19,21). The van der Waals surface area contributed by atoms with Gasteiger partial charge in [-0.1, -0.05) is 11.8 Å². The SMILES string of the molecule is O=C(CSc1nc2cc(S(=O)(=O)N3CCOCC3)ccc2o1)Nc1nccs1. The second-order valence-electron chi connectivity index (χ2n) is 5.80. The summed E-state index contributed by atoms with van der Waals surface area (Å²) in [6, 6.07) is 4.57. The molecule has 1 aliphatic heterocycles. The highest BCUT2D eigenvalue weighted by Crippen LogP contribution is 2.27. The van der Waals surface area contributed by atoms with E-state index in [1.54, 1.807) is 17.6 Å². The first kappa shape index (κ1) is 19.3. The highest BCUT2D eigenvalue weighted by Gasteiger charge is 2.27. The number of carbonyl (C=O) groups excluding carboxylic acids is 1. The van der Waals surface area contributed by atoms with Gasteiger partial charge in [-0.25, -0.2) is 18.4 Å². The van der Waals surface area contributed by atoms with E-state index in [-0.39, 0.29) is 16.6 Å². The number of fused-ring (bicyclic) bond motifs is 1. The molecule has 1 aromatic carbocycles. The number of hydrogen-bond donors (Lipinski definition) is 1. The Bertz CT molecular complexity index is 1080. The maximum absolute atomic E-state index is 12.8. The Labute approximate surface area is 169 Å². The van der Waals surface area contributed by atoms with Crippen LogP contribution in [0.5, 0.6) is 0 Å². The Morgan fingerprint density at radius 3 is 2.89 bits per heavy atom. The summed E-state index contributed by atoms with van der Waals surface area (Å²) in [5, 5.41) is 5.27. The molecule has 4 rings (SSSR count). The molecular formula is C16H16N4O5S3. The Kier molecular flexibility index (Phi) is 5.64. The number of oxazole rings is 1. The van der Waals surface area contributed by atoms with Crippen molar-refractivity contribution >= 4 is 55.3 Å². The first-order chi connectivity index (χ1) is 13.5. The van der Waals surface area contributed by atoms with E-state index < -0.39 is 10.0 Å². The zero-order chi connectivity index (χ0) is 19.6. The lowest BCUT2D eigenvalue weighted by molar-refractivity contribution is -0.113. The van der Waals surface area contributed by atoms with Crippen LogP contribution in [0.3, 0.4) is 0 Å². The average molecular weight is 441 g/mol. The lowest BCUT2D eigenvalue weighted by Crippen LogP contribution is -2.40. The van der Waals surface area contributed by atoms with Crippen molar-refractivity contribution in [3.8, 4) is 0 Å². The number of nitrogens with one attached hydrogen (secondary N) is 1. The van der Waals surface area contributed by atoms with Crippen molar-refractivity contribution < 1.29 is 22.4 Å². The third-order valence-corrected chi connectivity index (χ3v) is 7.36. The molecule has 12 heteroatoms. The molecule has 148 valence electrons. The summed E-state index contributed by atoms with van der Waals surface area (Å²) in [5.74, 6) is -0.122. The second kappa shape index (κ2) is 8.17. The quantitative estimate of drug-likeness (QED) is 0.579.